The van der Waals surface area contributed by atoms with Crippen LogP contribution in [0.15, 0.2) is 47.2 Å². The highest BCUT2D eigenvalue weighted by Gasteiger charge is 2.27. The molecule has 1 aromatic heterocycles. The van der Waals surface area contributed by atoms with Crippen molar-refractivity contribution in [2.75, 3.05) is 25.0 Å². The third-order valence-corrected chi connectivity index (χ3v) is 4.65. The molecule has 0 unspecified atom stereocenters. The Hall–Kier alpha value is -2.34. The van der Waals surface area contributed by atoms with Crippen LogP contribution in [0, 0.1) is 0 Å². The van der Waals surface area contributed by atoms with Crippen molar-refractivity contribution in [2.24, 2.45) is 0 Å². The Balaban J connectivity index is 1.54. The van der Waals surface area contributed by atoms with E-state index in [-0.39, 0.29) is 12.1 Å². The van der Waals surface area contributed by atoms with Crippen molar-refractivity contribution >= 4 is 11.8 Å². The molecule has 1 aromatic carbocycles. The van der Waals surface area contributed by atoms with Crippen molar-refractivity contribution in [3.8, 4) is 0 Å². The first-order valence-corrected chi connectivity index (χ1v) is 9.00. The third-order valence-electron chi connectivity index (χ3n) is 4.65. The van der Waals surface area contributed by atoms with Crippen LogP contribution < -0.4 is 5.32 Å². The first-order chi connectivity index (χ1) is 12.3. The minimum Gasteiger partial charge on any atom is -0.363 e. The van der Waals surface area contributed by atoms with E-state index in [4.69, 9.17) is 4.52 Å². The molecule has 1 aliphatic rings. The number of urea groups is 1. The molecule has 6 nitrogen and oxygen atoms in total. The van der Waals surface area contributed by atoms with Gasteiger partial charge in [-0.05, 0) is 24.8 Å². The van der Waals surface area contributed by atoms with Crippen molar-refractivity contribution in [3.05, 3.63) is 48.2 Å². The number of hydrogen-bond donors (Lipinski definition) is 1. The molecular weight excluding hydrogens is 316 g/mol. The van der Waals surface area contributed by atoms with Crippen LogP contribution in [-0.2, 0) is 6.54 Å². The fraction of sp³-hybridized carbons (Fsp3) is 0.474. The lowest BCUT2D eigenvalue weighted by molar-refractivity contribution is 0.123. The predicted octanol–water partition coefficient (Wildman–Crippen LogP) is 3.58. The predicted molar refractivity (Wildman–Crippen MR) is 97.3 cm³/mol. The van der Waals surface area contributed by atoms with Crippen molar-refractivity contribution in [3.63, 3.8) is 0 Å². The highest BCUT2D eigenvalue weighted by molar-refractivity contribution is 5.88. The van der Waals surface area contributed by atoms with Crippen LogP contribution in [0.25, 0.3) is 0 Å². The number of rotatable bonds is 6. The van der Waals surface area contributed by atoms with Gasteiger partial charge in [0.2, 0.25) is 0 Å². The molecule has 25 heavy (non-hydrogen) atoms. The van der Waals surface area contributed by atoms with Gasteiger partial charge in [0.1, 0.15) is 6.26 Å². The fourth-order valence-corrected chi connectivity index (χ4v) is 3.38. The largest absolute Gasteiger partial charge is 0.363 e. The summed E-state index contributed by atoms with van der Waals surface area (Å²) < 4.78 is 4.78. The van der Waals surface area contributed by atoms with Gasteiger partial charge in [-0.1, -0.05) is 42.4 Å². The van der Waals surface area contributed by atoms with E-state index in [1.54, 1.807) is 6.07 Å². The molecule has 1 aliphatic heterocycles. The van der Waals surface area contributed by atoms with E-state index in [2.05, 4.69) is 46.6 Å². The maximum Gasteiger partial charge on any atom is 0.323 e. The SMILES string of the molecule is CCCN(C(=O)Nc1ccon1)C1CCN(Cc2ccccc2)CC1. The minimum atomic E-state index is -0.0859. The fourth-order valence-electron chi connectivity index (χ4n) is 3.38. The zero-order valence-electron chi connectivity index (χ0n) is 14.7. The van der Waals surface area contributed by atoms with Gasteiger partial charge in [0, 0.05) is 38.3 Å². The molecule has 1 fully saturated rings. The average molecular weight is 342 g/mol. The van der Waals surface area contributed by atoms with Crippen LogP contribution in [-0.4, -0.2) is 46.7 Å². The highest BCUT2D eigenvalue weighted by Crippen LogP contribution is 2.20. The Morgan fingerprint density at radius 3 is 2.68 bits per heavy atom. The number of carbonyl (C=O) groups excluding carboxylic acids is 1. The lowest BCUT2D eigenvalue weighted by Gasteiger charge is -2.38. The molecule has 2 amide bonds. The molecular formula is C19H26N4O2. The van der Waals surface area contributed by atoms with Gasteiger partial charge < -0.3 is 9.42 Å². The average Bonchev–Trinajstić information content (AvgIpc) is 3.14. The topological polar surface area (TPSA) is 61.6 Å². The lowest BCUT2D eigenvalue weighted by Crippen LogP contribution is -2.49. The number of carbonyl (C=O) groups is 1. The number of nitrogens with zero attached hydrogens (tertiary/aromatic N) is 3. The molecule has 0 saturated carbocycles. The normalized spacial score (nSPS) is 15.9. The molecule has 0 aliphatic carbocycles. The molecule has 134 valence electrons. The van der Waals surface area contributed by atoms with Crippen molar-refractivity contribution < 1.29 is 9.32 Å². The summed E-state index contributed by atoms with van der Waals surface area (Å²) in [6.45, 7) is 5.86. The van der Waals surface area contributed by atoms with Crippen LogP contribution in [0.3, 0.4) is 0 Å². The maximum absolute atomic E-state index is 12.6. The second-order valence-electron chi connectivity index (χ2n) is 6.50. The summed E-state index contributed by atoms with van der Waals surface area (Å²) in [5.74, 6) is 0.465. The van der Waals surface area contributed by atoms with Crippen molar-refractivity contribution in [2.45, 2.75) is 38.8 Å². The number of anilines is 1. The zero-order chi connectivity index (χ0) is 17.5. The second-order valence-corrected chi connectivity index (χ2v) is 6.50. The molecule has 0 spiro atoms. The summed E-state index contributed by atoms with van der Waals surface area (Å²) in [6, 6.07) is 12.4. The van der Waals surface area contributed by atoms with E-state index < -0.39 is 0 Å². The van der Waals surface area contributed by atoms with E-state index >= 15 is 0 Å². The molecule has 3 rings (SSSR count). The number of hydrogen-bond acceptors (Lipinski definition) is 4. The number of likely N-dealkylation sites (tertiary alicyclic amines) is 1. The summed E-state index contributed by atoms with van der Waals surface area (Å²) in [5, 5.41) is 6.58. The molecule has 0 atom stereocenters. The van der Waals surface area contributed by atoms with Crippen LogP contribution in [0.1, 0.15) is 31.7 Å². The minimum absolute atomic E-state index is 0.0859. The number of piperidine rings is 1. The van der Waals surface area contributed by atoms with E-state index in [1.165, 1.54) is 11.8 Å². The van der Waals surface area contributed by atoms with Crippen LogP contribution >= 0.6 is 0 Å². The molecule has 1 saturated heterocycles. The Labute approximate surface area is 148 Å². The molecule has 0 bridgehead atoms. The van der Waals surface area contributed by atoms with Gasteiger partial charge in [0.05, 0.1) is 0 Å². The van der Waals surface area contributed by atoms with E-state index in [1.807, 2.05) is 11.0 Å². The van der Waals surface area contributed by atoms with Gasteiger partial charge in [-0.3, -0.25) is 10.2 Å². The molecule has 2 aromatic rings. The molecule has 0 radical (unpaired) electrons. The Bertz CT molecular complexity index is 637. The van der Waals surface area contributed by atoms with Gasteiger partial charge in [-0.15, -0.1) is 0 Å². The van der Waals surface area contributed by atoms with Gasteiger partial charge in [0.25, 0.3) is 0 Å². The zero-order valence-corrected chi connectivity index (χ0v) is 14.7. The van der Waals surface area contributed by atoms with Crippen LogP contribution in [0.2, 0.25) is 0 Å². The van der Waals surface area contributed by atoms with Crippen molar-refractivity contribution in [1.82, 2.24) is 15.0 Å². The van der Waals surface area contributed by atoms with Gasteiger partial charge in [-0.25, -0.2) is 4.79 Å². The maximum atomic E-state index is 12.6. The summed E-state index contributed by atoms with van der Waals surface area (Å²) in [6.07, 6.45) is 4.40. The van der Waals surface area contributed by atoms with E-state index in [0.717, 1.165) is 45.4 Å². The Kier molecular flexibility index (Phi) is 6.06. The summed E-state index contributed by atoms with van der Waals surface area (Å²) in [7, 11) is 0. The Morgan fingerprint density at radius 1 is 1.28 bits per heavy atom. The Morgan fingerprint density at radius 2 is 2.04 bits per heavy atom. The molecule has 2 heterocycles. The number of nitrogens with one attached hydrogen (secondary N) is 1. The lowest BCUT2D eigenvalue weighted by atomic mass is 10.0. The summed E-state index contributed by atoms with van der Waals surface area (Å²) in [4.78, 5) is 17.0. The number of amides is 2. The second kappa shape index (κ2) is 8.67. The highest BCUT2D eigenvalue weighted by atomic mass is 16.5. The first-order valence-electron chi connectivity index (χ1n) is 9.00. The van der Waals surface area contributed by atoms with Crippen LogP contribution in [0.4, 0.5) is 10.6 Å². The molecule has 6 heteroatoms. The van der Waals surface area contributed by atoms with Crippen LogP contribution in [0.5, 0.6) is 0 Å². The molecule has 1 N–H and O–H groups in total. The number of aromatic nitrogens is 1. The third kappa shape index (κ3) is 4.82. The van der Waals surface area contributed by atoms with Crippen molar-refractivity contribution in [1.29, 1.82) is 0 Å². The van der Waals surface area contributed by atoms with Gasteiger partial charge in [-0.2, -0.15) is 0 Å². The summed E-state index contributed by atoms with van der Waals surface area (Å²) in [5.41, 5.74) is 1.34. The quantitative estimate of drug-likeness (QED) is 0.871. The smallest absolute Gasteiger partial charge is 0.323 e. The first kappa shape index (κ1) is 17.5. The summed E-state index contributed by atoms with van der Waals surface area (Å²) >= 11 is 0. The monoisotopic (exact) mass is 342 g/mol. The van der Waals surface area contributed by atoms with Gasteiger partial charge >= 0.3 is 6.03 Å². The van der Waals surface area contributed by atoms with E-state index in [9.17, 15) is 4.79 Å². The number of benzene rings is 1. The van der Waals surface area contributed by atoms with Gasteiger partial charge in [0.15, 0.2) is 5.82 Å². The standard InChI is InChI=1S/C19H26N4O2/c1-2-11-23(19(24)20-18-10-14-25-21-18)17-8-12-22(13-9-17)15-16-6-4-3-5-7-16/h3-7,10,14,17H,2,8-9,11-13,15H2,1H3,(H,20,21,24). The van der Waals surface area contributed by atoms with E-state index in [0.29, 0.717) is 5.82 Å².